The first kappa shape index (κ1) is 35.5. The molecule has 0 saturated carbocycles. The van der Waals surface area contributed by atoms with E-state index < -0.39 is 36.5 Å². The van der Waals surface area contributed by atoms with Gasteiger partial charge in [-0.3, -0.25) is 18.7 Å². The Morgan fingerprint density at radius 3 is 2.51 bits per heavy atom. The van der Waals surface area contributed by atoms with Gasteiger partial charge in [0.2, 0.25) is 0 Å². The highest BCUT2D eigenvalue weighted by molar-refractivity contribution is 9.10. The Balaban J connectivity index is 1.36. The van der Waals surface area contributed by atoms with E-state index in [0.29, 0.717) is 17.0 Å². The Morgan fingerprint density at radius 1 is 1.08 bits per heavy atom. The molecule has 0 saturated heterocycles. The SMILES string of the molecule is Cc1cc(C(=O)N2Cc3c(C(=O)NCc4ccccc4-c4cccnn4)n(-c4ccc(OC[C@H](O)C(F)(F)F)cc4)c(=O)n3C[C@@H]2C)ccc1Br. The first-order valence-corrected chi connectivity index (χ1v) is 16.7. The van der Waals surface area contributed by atoms with Gasteiger partial charge in [-0.2, -0.15) is 23.4 Å². The van der Waals surface area contributed by atoms with E-state index in [1.807, 2.05) is 38.1 Å². The molecular weight excluding hydrogens is 733 g/mol. The van der Waals surface area contributed by atoms with Crippen molar-refractivity contribution in [1.82, 2.24) is 29.5 Å². The summed E-state index contributed by atoms with van der Waals surface area (Å²) in [6.45, 7) is 2.79. The number of halogens is 4. The zero-order valence-electron chi connectivity index (χ0n) is 27.4. The lowest BCUT2D eigenvalue weighted by atomic mass is 10.0. The molecule has 3 aromatic carbocycles. The van der Waals surface area contributed by atoms with Crippen LogP contribution in [0.4, 0.5) is 13.2 Å². The molecule has 1 aliphatic heterocycles. The number of aliphatic hydroxyl groups excluding tert-OH is 1. The molecule has 2 aromatic heterocycles. The number of amides is 2. The average molecular weight is 766 g/mol. The number of rotatable bonds is 9. The predicted molar refractivity (Wildman–Crippen MR) is 184 cm³/mol. The lowest BCUT2D eigenvalue weighted by molar-refractivity contribution is -0.210. The number of aromatic nitrogens is 4. The number of fused-ring (bicyclic) bond motifs is 1. The number of nitrogens with one attached hydrogen (secondary N) is 1. The molecule has 0 unspecified atom stereocenters. The summed E-state index contributed by atoms with van der Waals surface area (Å²) >= 11 is 3.46. The Bertz CT molecular complexity index is 2140. The molecule has 0 radical (unpaired) electrons. The Hall–Kier alpha value is -5.28. The minimum atomic E-state index is -4.85. The maximum atomic E-state index is 14.2. The van der Waals surface area contributed by atoms with Gasteiger partial charge >= 0.3 is 11.9 Å². The molecule has 2 amide bonds. The van der Waals surface area contributed by atoms with Gasteiger partial charge in [0.25, 0.3) is 11.8 Å². The maximum Gasteiger partial charge on any atom is 0.417 e. The second-order valence-electron chi connectivity index (χ2n) is 12.1. The number of aliphatic hydroxyl groups is 1. The number of nitrogens with zero attached hydrogens (tertiary/aromatic N) is 5. The van der Waals surface area contributed by atoms with Gasteiger partial charge in [-0.05, 0) is 79.6 Å². The van der Waals surface area contributed by atoms with Gasteiger partial charge in [-0.15, -0.1) is 0 Å². The highest BCUT2D eigenvalue weighted by atomic mass is 79.9. The van der Waals surface area contributed by atoms with E-state index in [4.69, 9.17) is 4.74 Å². The van der Waals surface area contributed by atoms with Crippen LogP contribution in [0.2, 0.25) is 0 Å². The number of imidazole rings is 1. The van der Waals surface area contributed by atoms with Crippen LogP contribution in [0.3, 0.4) is 0 Å². The van der Waals surface area contributed by atoms with Crippen LogP contribution in [0.1, 0.15) is 44.6 Å². The fourth-order valence-corrected chi connectivity index (χ4v) is 6.14. The third-order valence-electron chi connectivity index (χ3n) is 8.61. The second-order valence-corrected chi connectivity index (χ2v) is 12.9. The summed E-state index contributed by atoms with van der Waals surface area (Å²) in [4.78, 5) is 43.7. The van der Waals surface area contributed by atoms with Crippen LogP contribution in [0.5, 0.6) is 5.75 Å². The largest absolute Gasteiger partial charge is 0.491 e. The lowest BCUT2D eigenvalue weighted by Crippen LogP contribution is -2.47. The average Bonchev–Trinajstić information content (AvgIpc) is 3.41. The van der Waals surface area contributed by atoms with Gasteiger partial charge in [0.05, 0.1) is 23.6 Å². The topological polar surface area (TPSA) is 132 Å². The molecule has 264 valence electrons. The van der Waals surface area contributed by atoms with Gasteiger partial charge in [-0.1, -0.05) is 40.2 Å². The van der Waals surface area contributed by atoms with Crippen LogP contribution in [0, 0.1) is 6.92 Å². The van der Waals surface area contributed by atoms with Crippen molar-refractivity contribution in [1.29, 1.82) is 0 Å². The van der Waals surface area contributed by atoms with Crippen LogP contribution >= 0.6 is 15.9 Å². The van der Waals surface area contributed by atoms with Crippen molar-refractivity contribution in [3.8, 4) is 22.7 Å². The summed E-state index contributed by atoms with van der Waals surface area (Å²) in [5, 5.41) is 20.4. The van der Waals surface area contributed by atoms with Crippen molar-refractivity contribution in [2.75, 3.05) is 6.61 Å². The summed E-state index contributed by atoms with van der Waals surface area (Å²) in [5.74, 6) is -0.845. The highest BCUT2D eigenvalue weighted by Crippen LogP contribution is 2.28. The summed E-state index contributed by atoms with van der Waals surface area (Å²) in [7, 11) is 0. The molecule has 51 heavy (non-hydrogen) atoms. The van der Waals surface area contributed by atoms with Gasteiger partial charge in [0.1, 0.15) is 18.1 Å². The fourth-order valence-electron chi connectivity index (χ4n) is 5.89. The zero-order valence-corrected chi connectivity index (χ0v) is 29.0. The number of carbonyl (C=O) groups is 2. The zero-order chi connectivity index (χ0) is 36.4. The van der Waals surface area contributed by atoms with Crippen LogP contribution in [-0.2, 0) is 19.6 Å². The van der Waals surface area contributed by atoms with E-state index in [1.54, 1.807) is 41.4 Å². The fraction of sp³-hybridized carbons (Fsp3) is 0.250. The highest BCUT2D eigenvalue weighted by Gasteiger charge is 2.39. The number of hydrogen-bond donors (Lipinski definition) is 2. The minimum absolute atomic E-state index is 0.00478. The molecule has 5 aromatic rings. The normalized spacial score (nSPS) is 14.9. The molecule has 2 N–H and O–H groups in total. The van der Waals surface area contributed by atoms with Crippen LogP contribution < -0.4 is 15.7 Å². The number of aryl methyl sites for hydroxylation is 1. The minimum Gasteiger partial charge on any atom is -0.491 e. The predicted octanol–water partition coefficient (Wildman–Crippen LogP) is 5.44. The van der Waals surface area contributed by atoms with E-state index in [-0.39, 0.29) is 42.7 Å². The van der Waals surface area contributed by atoms with Crippen LogP contribution in [-0.4, -0.2) is 66.1 Å². The summed E-state index contributed by atoms with van der Waals surface area (Å²) in [6.07, 6.45) is -5.97. The van der Waals surface area contributed by atoms with E-state index in [0.717, 1.165) is 21.2 Å². The number of benzene rings is 3. The van der Waals surface area contributed by atoms with Crippen molar-refractivity contribution in [2.45, 2.75) is 51.8 Å². The van der Waals surface area contributed by atoms with Gasteiger partial charge < -0.3 is 20.1 Å². The van der Waals surface area contributed by atoms with Gasteiger partial charge in [0.15, 0.2) is 6.10 Å². The summed E-state index contributed by atoms with van der Waals surface area (Å²) in [6, 6.07) is 21.3. The summed E-state index contributed by atoms with van der Waals surface area (Å²) in [5.41, 5.74) is 3.45. The first-order valence-electron chi connectivity index (χ1n) is 15.9. The quantitative estimate of drug-likeness (QED) is 0.204. The molecule has 0 bridgehead atoms. The number of alkyl halides is 3. The molecule has 0 fully saturated rings. The maximum absolute atomic E-state index is 14.2. The van der Waals surface area contributed by atoms with E-state index >= 15 is 0 Å². The van der Waals surface area contributed by atoms with Crippen molar-refractivity contribution in [3.63, 3.8) is 0 Å². The van der Waals surface area contributed by atoms with Crippen molar-refractivity contribution < 1.29 is 32.6 Å². The molecule has 1 aliphatic rings. The molecule has 0 aliphatic carbocycles. The van der Waals surface area contributed by atoms with E-state index in [9.17, 15) is 32.7 Å². The van der Waals surface area contributed by atoms with Crippen LogP contribution in [0.25, 0.3) is 16.9 Å². The monoisotopic (exact) mass is 764 g/mol. The van der Waals surface area contributed by atoms with Gasteiger partial charge in [-0.25, -0.2) is 4.79 Å². The number of carbonyl (C=O) groups excluding carboxylic acids is 2. The standard InChI is InChI=1S/C36H32BrF3N6O5/c1-21-16-23(9-14-28(21)37)34(49)44-19-30-32(33(48)41-17-24-6-3-4-7-27(24)29-8-5-15-42-43-29)46(35(50)45(30)18-22(44)2)25-10-12-26(13-11-25)51-20-31(47)36(38,39)40/h3-16,22,31,47H,17-20H2,1-2H3,(H,41,48)/t22-,31-/m0/s1. The van der Waals surface area contributed by atoms with E-state index in [2.05, 4.69) is 31.4 Å². The summed E-state index contributed by atoms with van der Waals surface area (Å²) < 4.78 is 47.0. The molecule has 15 heteroatoms. The van der Waals surface area contributed by atoms with Crippen molar-refractivity contribution >= 4 is 27.7 Å². The number of ether oxygens (including phenoxy) is 1. The Labute approximate surface area is 298 Å². The van der Waals surface area contributed by atoms with Crippen molar-refractivity contribution in [2.24, 2.45) is 0 Å². The number of hydrogen-bond acceptors (Lipinski definition) is 7. The molecular formula is C36H32BrF3N6O5. The molecule has 11 nitrogen and oxygen atoms in total. The lowest BCUT2D eigenvalue weighted by Gasteiger charge is -2.34. The third-order valence-corrected chi connectivity index (χ3v) is 9.50. The first-order chi connectivity index (χ1) is 24.3. The van der Waals surface area contributed by atoms with Crippen molar-refractivity contribution in [3.05, 3.63) is 128 Å². The Morgan fingerprint density at radius 2 is 1.82 bits per heavy atom. The molecule has 0 spiro atoms. The molecule has 2 atom stereocenters. The smallest absolute Gasteiger partial charge is 0.417 e. The Kier molecular flexibility index (Phi) is 10.1. The van der Waals surface area contributed by atoms with E-state index in [1.165, 1.54) is 33.4 Å². The van der Waals surface area contributed by atoms with Crippen LogP contribution in [0.15, 0.2) is 94.3 Å². The third kappa shape index (κ3) is 7.44. The molecule has 3 heterocycles. The van der Waals surface area contributed by atoms with Gasteiger partial charge in [0, 0.05) is 40.9 Å². The second kappa shape index (κ2) is 14.5. The molecule has 6 rings (SSSR count).